The number of benzene rings is 1. The lowest BCUT2D eigenvalue weighted by molar-refractivity contribution is 0.500. The first-order chi connectivity index (χ1) is 9.56. The van der Waals surface area contributed by atoms with E-state index < -0.39 is 0 Å². The monoisotopic (exact) mass is 291 g/mol. The molecule has 0 saturated heterocycles. The number of hydrogen-bond acceptors (Lipinski definition) is 2. The van der Waals surface area contributed by atoms with Gasteiger partial charge in [-0.2, -0.15) is 5.10 Å². The molecule has 2 aromatic rings. The first-order valence-electron chi connectivity index (χ1n) is 7.06. The standard InChI is InChI=1S/C16H22ClN3/c1-12-10-13(2)20(19-12)9-5-8-18-14(3)15-6-4-7-16(17)11-15/h4,6-7,10-11,14,18H,5,8-9H2,1-3H3. The molecule has 0 aliphatic rings. The van der Waals surface area contributed by atoms with Crippen molar-refractivity contribution in [3.8, 4) is 0 Å². The topological polar surface area (TPSA) is 29.9 Å². The number of rotatable bonds is 6. The summed E-state index contributed by atoms with van der Waals surface area (Å²) in [5, 5.41) is 8.78. The van der Waals surface area contributed by atoms with Crippen LogP contribution in [0.4, 0.5) is 0 Å². The molecule has 108 valence electrons. The lowest BCUT2D eigenvalue weighted by Crippen LogP contribution is -2.21. The summed E-state index contributed by atoms with van der Waals surface area (Å²) >= 11 is 6.01. The molecular formula is C16H22ClN3. The van der Waals surface area contributed by atoms with Gasteiger partial charge in [0.25, 0.3) is 0 Å². The van der Waals surface area contributed by atoms with Gasteiger partial charge in [-0.15, -0.1) is 0 Å². The molecule has 3 nitrogen and oxygen atoms in total. The van der Waals surface area contributed by atoms with Crippen LogP contribution in [0.5, 0.6) is 0 Å². The third-order valence-corrected chi connectivity index (χ3v) is 3.68. The van der Waals surface area contributed by atoms with Crippen molar-refractivity contribution in [3.05, 3.63) is 52.3 Å². The molecule has 4 heteroatoms. The fourth-order valence-corrected chi connectivity index (χ4v) is 2.54. The fraction of sp³-hybridized carbons (Fsp3) is 0.438. The predicted octanol–water partition coefficient (Wildman–Crippen LogP) is 3.89. The van der Waals surface area contributed by atoms with Crippen molar-refractivity contribution in [2.75, 3.05) is 6.54 Å². The Morgan fingerprint density at radius 3 is 2.75 bits per heavy atom. The van der Waals surface area contributed by atoms with Crippen molar-refractivity contribution in [2.45, 2.75) is 39.8 Å². The van der Waals surface area contributed by atoms with E-state index in [2.05, 4.69) is 41.1 Å². The lowest BCUT2D eigenvalue weighted by atomic mass is 10.1. The minimum Gasteiger partial charge on any atom is -0.310 e. The van der Waals surface area contributed by atoms with Crippen LogP contribution >= 0.6 is 11.6 Å². The van der Waals surface area contributed by atoms with Crippen molar-refractivity contribution in [2.24, 2.45) is 0 Å². The van der Waals surface area contributed by atoms with Gasteiger partial charge in [0.05, 0.1) is 5.69 Å². The number of hydrogen-bond donors (Lipinski definition) is 1. The number of nitrogens with one attached hydrogen (secondary N) is 1. The van der Waals surface area contributed by atoms with Gasteiger partial charge in [-0.3, -0.25) is 4.68 Å². The summed E-state index contributed by atoms with van der Waals surface area (Å²) in [7, 11) is 0. The van der Waals surface area contributed by atoms with Crippen LogP contribution in [0.3, 0.4) is 0 Å². The molecule has 0 bridgehead atoms. The highest BCUT2D eigenvalue weighted by Gasteiger charge is 2.05. The molecule has 1 atom stereocenters. The molecule has 0 saturated carbocycles. The number of nitrogens with zero attached hydrogens (tertiary/aromatic N) is 2. The average molecular weight is 292 g/mol. The maximum Gasteiger partial charge on any atom is 0.0596 e. The molecule has 1 aromatic carbocycles. The third-order valence-electron chi connectivity index (χ3n) is 3.45. The van der Waals surface area contributed by atoms with Crippen molar-refractivity contribution < 1.29 is 0 Å². The molecule has 1 unspecified atom stereocenters. The first kappa shape index (κ1) is 15.1. The summed E-state index contributed by atoms with van der Waals surface area (Å²) in [6, 6.07) is 10.4. The van der Waals surface area contributed by atoms with Gasteiger partial charge in [-0.1, -0.05) is 23.7 Å². The van der Waals surface area contributed by atoms with Gasteiger partial charge in [-0.25, -0.2) is 0 Å². The van der Waals surface area contributed by atoms with Gasteiger partial charge >= 0.3 is 0 Å². The average Bonchev–Trinajstić information content (AvgIpc) is 2.73. The van der Waals surface area contributed by atoms with E-state index in [0.717, 1.165) is 30.2 Å². The minimum atomic E-state index is 0.314. The smallest absolute Gasteiger partial charge is 0.0596 e. The predicted molar refractivity (Wildman–Crippen MR) is 84.2 cm³/mol. The molecule has 1 heterocycles. The Balaban J connectivity index is 1.77. The Kier molecular flexibility index (Phi) is 5.21. The summed E-state index contributed by atoms with van der Waals surface area (Å²) in [5.74, 6) is 0. The highest BCUT2D eigenvalue weighted by Crippen LogP contribution is 2.17. The fourth-order valence-electron chi connectivity index (χ4n) is 2.34. The zero-order chi connectivity index (χ0) is 14.5. The highest BCUT2D eigenvalue weighted by molar-refractivity contribution is 6.30. The van der Waals surface area contributed by atoms with Gasteiger partial charge in [0.1, 0.15) is 0 Å². The Bertz CT molecular complexity index is 563. The molecule has 0 radical (unpaired) electrons. The summed E-state index contributed by atoms with van der Waals surface area (Å²) < 4.78 is 2.07. The van der Waals surface area contributed by atoms with Crippen LogP contribution in [0, 0.1) is 13.8 Å². The maximum absolute atomic E-state index is 6.01. The van der Waals surface area contributed by atoms with E-state index in [-0.39, 0.29) is 0 Å². The van der Waals surface area contributed by atoms with E-state index in [4.69, 9.17) is 11.6 Å². The summed E-state index contributed by atoms with van der Waals surface area (Å²) in [4.78, 5) is 0. The van der Waals surface area contributed by atoms with Crippen LogP contribution in [0.1, 0.15) is 36.3 Å². The molecule has 20 heavy (non-hydrogen) atoms. The number of aryl methyl sites for hydroxylation is 3. The molecule has 1 N–H and O–H groups in total. The van der Waals surface area contributed by atoms with Gasteiger partial charge < -0.3 is 5.32 Å². The largest absolute Gasteiger partial charge is 0.310 e. The van der Waals surface area contributed by atoms with E-state index in [1.54, 1.807) is 0 Å². The van der Waals surface area contributed by atoms with Crippen LogP contribution in [-0.2, 0) is 6.54 Å². The van der Waals surface area contributed by atoms with Crippen LogP contribution in [0.15, 0.2) is 30.3 Å². The molecule has 0 fully saturated rings. The minimum absolute atomic E-state index is 0.314. The van der Waals surface area contributed by atoms with Gasteiger partial charge in [-0.05, 0) is 57.5 Å². The quantitative estimate of drug-likeness (QED) is 0.818. The third kappa shape index (κ3) is 4.09. The summed E-state index contributed by atoms with van der Waals surface area (Å²) in [6.45, 7) is 8.21. The van der Waals surface area contributed by atoms with Crippen molar-refractivity contribution in [1.82, 2.24) is 15.1 Å². The Morgan fingerprint density at radius 2 is 2.10 bits per heavy atom. The summed E-state index contributed by atoms with van der Waals surface area (Å²) in [5.41, 5.74) is 3.54. The molecule has 0 amide bonds. The second kappa shape index (κ2) is 6.91. The van der Waals surface area contributed by atoms with E-state index in [0.29, 0.717) is 6.04 Å². The Labute approximate surface area is 126 Å². The highest BCUT2D eigenvalue weighted by atomic mass is 35.5. The van der Waals surface area contributed by atoms with Crippen molar-refractivity contribution in [3.63, 3.8) is 0 Å². The van der Waals surface area contributed by atoms with E-state index in [1.807, 2.05) is 25.1 Å². The SMILES string of the molecule is Cc1cc(C)n(CCCNC(C)c2cccc(Cl)c2)n1. The first-order valence-corrected chi connectivity index (χ1v) is 7.44. The van der Waals surface area contributed by atoms with E-state index in [1.165, 1.54) is 11.3 Å². The van der Waals surface area contributed by atoms with E-state index in [9.17, 15) is 0 Å². The van der Waals surface area contributed by atoms with Gasteiger partial charge in [0, 0.05) is 23.3 Å². The molecular weight excluding hydrogens is 270 g/mol. The van der Waals surface area contributed by atoms with E-state index >= 15 is 0 Å². The van der Waals surface area contributed by atoms with Crippen LogP contribution in [-0.4, -0.2) is 16.3 Å². The Hall–Kier alpha value is -1.32. The lowest BCUT2D eigenvalue weighted by Gasteiger charge is -2.14. The van der Waals surface area contributed by atoms with Gasteiger partial charge in [0.15, 0.2) is 0 Å². The second-order valence-electron chi connectivity index (χ2n) is 5.23. The van der Waals surface area contributed by atoms with Crippen LogP contribution in [0.25, 0.3) is 0 Å². The van der Waals surface area contributed by atoms with Crippen molar-refractivity contribution in [1.29, 1.82) is 0 Å². The molecule has 0 aliphatic carbocycles. The van der Waals surface area contributed by atoms with Crippen molar-refractivity contribution >= 4 is 11.6 Å². The van der Waals surface area contributed by atoms with Crippen LogP contribution < -0.4 is 5.32 Å². The molecule has 2 rings (SSSR count). The normalized spacial score (nSPS) is 12.6. The number of halogens is 1. The molecule has 1 aromatic heterocycles. The second-order valence-corrected chi connectivity index (χ2v) is 5.67. The van der Waals surface area contributed by atoms with Crippen LogP contribution in [0.2, 0.25) is 5.02 Å². The maximum atomic E-state index is 6.01. The molecule has 0 aliphatic heterocycles. The zero-order valence-corrected chi connectivity index (χ0v) is 13.1. The Morgan fingerprint density at radius 1 is 1.30 bits per heavy atom. The molecule has 0 spiro atoms. The summed E-state index contributed by atoms with van der Waals surface area (Å²) in [6.07, 6.45) is 1.06. The number of aromatic nitrogens is 2. The van der Waals surface area contributed by atoms with Gasteiger partial charge in [0.2, 0.25) is 0 Å². The zero-order valence-electron chi connectivity index (χ0n) is 12.4.